The van der Waals surface area contributed by atoms with Gasteiger partial charge in [0.2, 0.25) is 10.0 Å². The molecule has 0 bridgehead atoms. The largest absolute Gasteiger partial charge is 0.496 e. The van der Waals surface area contributed by atoms with Crippen molar-refractivity contribution >= 4 is 21.6 Å². The molecule has 1 fully saturated rings. The van der Waals surface area contributed by atoms with Crippen molar-refractivity contribution in [2.24, 2.45) is 0 Å². The Hall–Kier alpha value is -3.24. The highest BCUT2D eigenvalue weighted by Crippen LogP contribution is 2.27. The number of rotatable bonds is 6. The van der Waals surface area contributed by atoms with E-state index in [1.54, 1.807) is 25.1 Å². The molecule has 2 aromatic carbocycles. The van der Waals surface area contributed by atoms with E-state index < -0.39 is 15.9 Å². The zero-order valence-electron chi connectivity index (χ0n) is 18.7. The SMILES string of the molecule is COc1ccc(S(=O)(=O)N2CCCCCC2)cc1C(=O)Nc1cccc(-c2n[nH]c(C)n2)c1. The van der Waals surface area contributed by atoms with Crippen molar-refractivity contribution in [2.45, 2.75) is 37.5 Å². The molecular formula is C23H27N5O4S. The van der Waals surface area contributed by atoms with Crippen LogP contribution in [0.2, 0.25) is 0 Å². The fraction of sp³-hybridized carbons (Fsp3) is 0.348. The summed E-state index contributed by atoms with van der Waals surface area (Å²) in [6, 6.07) is 11.5. The molecule has 0 radical (unpaired) electrons. The summed E-state index contributed by atoms with van der Waals surface area (Å²) in [5.41, 5.74) is 1.41. The topological polar surface area (TPSA) is 117 Å². The van der Waals surface area contributed by atoms with Crippen LogP contribution >= 0.6 is 0 Å². The van der Waals surface area contributed by atoms with Crippen molar-refractivity contribution < 1.29 is 17.9 Å². The van der Waals surface area contributed by atoms with Crippen LogP contribution in [-0.2, 0) is 10.0 Å². The lowest BCUT2D eigenvalue weighted by atomic mass is 10.1. The number of aromatic amines is 1. The highest BCUT2D eigenvalue weighted by Gasteiger charge is 2.27. The summed E-state index contributed by atoms with van der Waals surface area (Å²) in [4.78, 5) is 17.5. The number of amides is 1. The van der Waals surface area contributed by atoms with Crippen molar-refractivity contribution in [1.29, 1.82) is 0 Å². The lowest BCUT2D eigenvalue weighted by Crippen LogP contribution is -2.32. The Morgan fingerprint density at radius 3 is 2.52 bits per heavy atom. The molecule has 0 spiro atoms. The summed E-state index contributed by atoms with van der Waals surface area (Å²) in [6.07, 6.45) is 3.72. The first kappa shape index (κ1) is 22.9. The molecule has 174 valence electrons. The van der Waals surface area contributed by atoms with Gasteiger partial charge in [-0.05, 0) is 50.1 Å². The van der Waals surface area contributed by atoms with Crippen LogP contribution in [0.3, 0.4) is 0 Å². The number of hydrogen-bond acceptors (Lipinski definition) is 6. The number of ether oxygens (including phenoxy) is 1. The van der Waals surface area contributed by atoms with E-state index in [0.29, 0.717) is 36.2 Å². The predicted octanol–water partition coefficient (Wildman–Crippen LogP) is 3.61. The number of benzene rings is 2. The van der Waals surface area contributed by atoms with Crippen LogP contribution in [0.4, 0.5) is 5.69 Å². The van der Waals surface area contributed by atoms with Crippen LogP contribution in [0.25, 0.3) is 11.4 Å². The Kier molecular flexibility index (Phi) is 6.75. The maximum atomic E-state index is 13.2. The number of H-pyrrole nitrogens is 1. The molecule has 3 aromatic rings. The first-order valence-corrected chi connectivity index (χ1v) is 12.3. The van der Waals surface area contributed by atoms with E-state index in [-0.39, 0.29) is 10.5 Å². The van der Waals surface area contributed by atoms with E-state index in [1.807, 2.05) is 6.07 Å². The van der Waals surface area contributed by atoms with Crippen molar-refractivity contribution in [2.75, 3.05) is 25.5 Å². The molecule has 10 heteroatoms. The van der Waals surface area contributed by atoms with Gasteiger partial charge in [-0.3, -0.25) is 9.89 Å². The van der Waals surface area contributed by atoms with E-state index in [4.69, 9.17) is 4.74 Å². The van der Waals surface area contributed by atoms with Crippen molar-refractivity contribution in [1.82, 2.24) is 19.5 Å². The second-order valence-corrected chi connectivity index (χ2v) is 9.90. The molecule has 1 aliphatic rings. The minimum atomic E-state index is -3.70. The van der Waals surface area contributed by atoms with E-state index >= 15 is 0 Å². The molecule has 0 aliphatic carbocycles. The van der Waals surface area contributed by atoms with E-state index in [9.17, 15) is 13.2 Å². The monoisotopic (exact) mass is 469 g/mol. The van der Waals surface area contributed by atoms with Gasteiger partial charge < -0.3 is 10.1 Å². The summed E-state index contributed by atoms with van der Waals surface area (Å²) in [6.45, 7) is 2.79. The Morgan fingerprint density at radius 2 is 1.85 bits per heavy atom. The summed E-state index contributed by atoms with van der Waals surface area (Å²) < 4.78 is 33.3. The fourth-order valence-corrected chi connectivity index (χ4v) is 5.41. The molecule has 1 aromatic heterocycles. The fourth-order valence-electron chi connectivity index (χ4n) is 3.86. The number of methoxy groups -OCH3 is 1. The maximum Gasteiger partial charge on any atom is 0.259 e. The molecular weight excluding hydrogens is 442 g/mol. The summed E-state index contributed by atoms with van der Waals surface area (Å²) in [7, 11) is -2.26. The average molecular weight is 470 g/mol. The summed E-state index contributed by atoms with van der Waals surface area (Å²) >= 11 is 0. The van der Waals surface area contributed by atoms with Gasteiger partial charge in [0.25, 0.3) is 5.91 Å². The zero-order valence-corrected chi connectivity index (χ0v) is 19.5. The molecule has 9 nitrogen and oxygen atoms in total. The molecule has 0 atom stereocenters. The Balaban J connectivity index is 1.61. The highest BCUT2D eigenvalue weighted by atomic mass is 32.2. The Morgan fingerprint density at radius 1 is 1.09 bits per heavy atom. The number of carbonyl (C=O) groups is 1. The standard InChI is InChI=1S/C23H27N5O4S/c1-16-24-22(27-26-16)17-8-7-9-18(14-17)25-23(29)20-15-19(10-11-21(20)32-2)33(30,31)28-12-5-3-4-6-13-28/h7-11,14-15H,3-6,12-13H2,1-2H3,(H,25,29)(H,24,26,27). The first-order chi connectivity index (χ1) is 15.9. The number of aromatic nitrogens is 3. The van der Waals surface area contributed by atoms with Gasteiger partial charge in [-0.25, -0.2) is 13.4 Å². The zero-order chi connectivity index (χ0) is 23.4. The molecule has 2 N–H and O–H groups in total. The quantitative estimate of drug-likeness (QED) is 0.570. The van der Waals surface area contributed by atoms with Gasteiger partial charge in [-0.2, -0.15) is 9.40 Å². The first-order valence-electron chi connectivity index (χ1n) is 10.9. The molecule has 1 amide bonds. The minimum Gasteiger partial charge on any atom is -0.496 e. The molecule has 0 unspecified atom stereocenters. The predicted molar refractivity (Wildman–Crippen MR) is 125 cm³/mol. The molecule has 1 aliphatic heterocycles. The number of anilines is 1. The van der Waals surface area contributed by atoms with Crippen molar-refractivity contribution in [3.05, 3.63) is 53.9 Å². The Bertz CT molecular complexity index is 1250. The van der Waals surface area contributed by atoms with Crippen LogP contribution < -0.4 is 10.1 Å². The molecule has 33 heavy (non-hydrogen) atoms. The molecule has 2 heterocycles. The third kappa shape index (κ3) is 5.07. The molecule has 0 saturated carbocycles. The van der Waals surface area contributed by atoms with Gasteiger partial charge in [-0.1, -0.05) is 25.0 Å². The second-order valence-electron chi connectivity index (χ2n) is 7.96. The van der Waals surface area contributed by atoms with Gasteiger partial charge in [0, 0.05) is 24.3 Å². The Labute approximate surface area is 193 Å². The van der Waals surface area contributed by atoms with E-state index in [2.05, 4.69) is 20.5 Å². The van der Waals surface area contributed by atoms with Crippen LogP contribution in [0.5, 0.6) is 5.75 Å². The van der Waals surface area contributed by atoms with Gasteiger partial charge in [0.1, 0.15) is 11.6 Å². The second kappa shape index (κ2) is 9.72. The van der Waals surface area contributed by atoms with Crippen LogP contribution in [0.1, 0.15) is 41.9 Å². The van der Waals surface area contributed by atoms with Gasteiger partial charge in [0.05, 0.1) is 17.6 Å². The van der Waals surface area contributed by atoms with E-state index in [0.717, 1.165) is 31.2 Å². The lowest BCUT2D eigenvalue weighted by molar-refractivity contribution is 0.102. The summed E-state index contributed by atoms with van der Waals surface area (Å²) in [5, 5.41) is 9.76. The van der Waals surface area contributed by atoms with Crippen molar-refractivity contribution in [3.63, 3.8) is 0 Å². The minimum absolute atomic E-state index is 0.0836. The van der Waals surface area contributed by atoms with Gasteiger partial charge in [0.15, 0.2) is 5.82 Å². The smallest absolute Gasteiger partial charge is 0.259 e. The van der Waals surface area contributed by atoms with Crippen LogP contribution in [-0.4, -0.2) is 54.0 Å². The van der Waals surface area contributed by atoms with Gasteiger partial charge in [-0.15, -0.1) is 0 Å². The molecule has 4 rings (SSSR count). The number of aryl methyl sites for hydroxylation is 1. The number of hydrogen-bond donors (Lipinski definition) is 2. The van der Waals surface area contributed by atoms with Crippen LogP contribution in [0.15, 0.2) is 47.4 Å². The lowest BCUT2D eigenvalue weighted by Gasteiger charge is -2.20. The normalized spacial score (nSPS) is 15.1. The number of nitrogens with one attached hydrogen (secondary N) is 2. The highest BCUT2D eigenvalue weighted by molar-refractivity contribution is 7.89. The average Bonchev–Trinajstić information content (AvgIpc) is 3.07. The molecule has 1 saturated heterocycles. The van der Waals surface area contributed by atoms with Crippen molar-refractivity contribution in [3.8, 4) is 17.1 Å². The third-order valence-corrected chi connectivity index (χ3v) is 7.49. The van der Waals surface area contributed by atoms with Gasteiger partial charge >= 0.3 is 0 Å². The summed E-state index contributed by atoms with van der Waals surface area (Å²) in [5.74, 6) is 1.03. The van der Waals surface area contributed by atoms with Crippen LogP contribution in [0, 0.1) is 6.92 Å². The maximum absolute atomic E-state index is 13.2. The number of sulfonamides is 1. The number of nitrogens with zero attached hydrogens (tertiary/aromatic N) is 3. The third-order valence-electron chi connectivity index (χ3n) is 5.59. The van der Waals surface area contributed by atoms with E-state index in [1.165, 1.54) is 29.6 Å². The number of carbonyl (C=O) groups excluding carboxylic acids is 1.